The summed E-state index contributed by atoms with van der Waals surface area (Å²) in [6.45, 7) is 6.06. The number of carbonyl (C=O) groups excluding carboxylic acids is 1. The molecule has 2 aromatic heterocycles. The summed E-state index contributed by atoms with van der Waals surface area (Å²) in [5, 5.41) is 4.18. The number of hydrogen-bond acceptors (Lipinski definition) is 3. The number of carbonyl (C=O) groups is 1. The second-order valence-corrected chi connectivity index (χ2v) is 7.95. The Kier molecular flexibility index (Phi) is 4.66. The van der Waals surface area contributed by atoms with Gasteiger partial charge in [-0.05, 0) is 49.6 Å². The topological polar surface area (TPSA) is 59.8 Å². The van der Waals surface area contributed by atoms with Crippen LogP contribution in [-0.4, -0.2) is 20.4 Å². The quantitative estimate of drug-likeness (QED) is 0.400. The standard InChI is InChI=1S/C26H24N4O/c1-4-21(26(31)29-23-16(2)10-9-11-17(23)3)30-22-15-8-5-12-18(22)24-25(30)28-20-14-7-6-13-19(20)27-24/h5-15,21H,4H2,1-3H3,(H,29,31). The molecule has 0 saturated carbocycles. The lowest BCUT2D eigenvalue weighted by Crippen LogP contribution is -2.26. The van der Waals surface area contributed by atoms with Gasteiger partial charge in [0.1, 0.15) is 11.6 Å². The fraction of sp³-hybridized carbons (Fsp3) is 0.192. The van der Waals surface area contributed by atoms with Crippen molar-refractivity contribution in [2.24, 2.45) is 0 Å². The van der Waals surface area contributed by atoms with Gasteiger partial charge in [-0.3, -0.25) is 4.79 Å². The zero-order valence-corrected chi connectivity index (χ0v) is 17.9. The predicted octanol–water partition coefficient (Wildman–Crippen LogP) is 5.94. The third-order valence-corrected chi connectivity index (χ3v) is 5.93. The van der Waals surface area contributed by atoms with Crippen LogP contribution in [0.4, 0.5) is 5.69 Å². The number of para-hydroxylation sites is 4. The van der Waals surface area contributed by atoms with Gasteiger partial charge in [-0.1, -0.05) is 55.5 Å². The molecule has 5 aromatic rings. The van der Waals surface area contributed by atoms with Crippen LogP contribution in [0.1, 0.15) is 30.5 Å². The number of amides is 1. The van der Waals surface area contributed by atoms with Crippen LogP contribution < -0.4 is 5.32 Å². The second kappa shape index (κ2) is 7.51. The highest BCUT2D eigenvalue weighted by atomic mass is 16.2. The van der Waals surface area contributed by atoms with Gasteiger partial charge in [0.15, 0.2) is 5.65 Å². The summed E-state index contributed by atoms with van der Waals surface area (Å²) in [7, 11) is 0. The van der Waals surface area contributed by atoms with E-state index >= 15 is 0 Å². The van der Waals surface area contributed by atoms with Crippen LogP contribution in [0.15, 0.2) is 66.7 Å². The summed E-state index contributed by atoms with van der Waals surface area (Å²) in [6, 6.07) is 21.6. The molecule has 5 heteroatoms. The summed E-state index contributed by atoms with van der Waals surface area (Å²) >= 11 is 0. The highest BCUT2D eigenvalue weighted by Gasteiger charge is 2.25. The normalized spacial score (nSPS) is 12.5. The zero-order chi connectivity index (χ0) is 21.5. The molecule has 1 atom stereocenters. The largest absolute Gasteiger partial charge is 0.324 e. The molecule has 0 saturated heterocycles. The van der Waals surface area contributed by atoms with Crippen molar-refractivity contribution in [3.8, 4) is 0 Å². The summed E-state index contributed by atoms with van der Waals surface area (Å²) in [6.07, 6.45) is 0.638. The number of aromatic nitrogens is 3. The van der Waals surface area contributed by atoms with Gasteiger partial charge < -0.3 is 9.88 Å². The van der Waals surface area contributed by atoms with E-state index in [2.05, 4.69) is 5.32 Å². The summed E-state index contributed by atoms with van der Waals surface area (Å²) in [5.41, 5.74) is 7.19. The van der Waals surface area contributed by atoms with E-state index in [1.54, 1.807) is 0 Å². The van der Waals surface area contributed by atoms with E-state index in [9.17, 15) is 4.79 Å². The maximum Gasteiger partial charge on any atom is 0.247 e. The zero-order valence-electron chi connectivity index (χ0n) is 17.9. The Morgan fingerprint density at radius 3 is 2.26 bits per heavy atom. The molecule has 1 amide bonds. The van der Waals surface area contributed by atoms with Crippen LogP contribution in [0.3, 0.4) is 0 Å². The molecule has 154 valence electrons. The minimum atomic E-state index is -0.406. The van der Waals surface area contributed by atoms with E-state index in [1.165, 1.54) is 0 Å². The summed E-state index contributed by atoms with van der Waals surface area (Å²) in [4.78, 5) is 23.3. The molecule has 2 heterocycles. The molecule has 31 heavy (non-hydrogen) atoms. The van der Waals surface area contributed by atoms with Crippen molar-refractivity contribution in [3.63, 3.8) is 0 Å². The average Bonchev–Trinajstić information content (AvgIpc) is 3.09. The smallest absolute Gasteiger partial charge is 0.247 e. The fourth-order valence-electron chi connectivity index (χ4n) is 4.36. The minimum absolute atomic E-state index is 0.0440. The first kappa shape index (κ1) is 19.2. The molecular weight excluding hydrogens is 384 g/mol. The molecule has 0 radical (unpaired) electrons. The van der Waals surface area contributed by atoms with Crippen molar-refractivity contribution >= 4 is 44.7 Å². The van der Waals surface area contributed by atoms with Crippen LogP contribution in [0.5, 0.6) is 0 Å². The van der Waals surface area contributed by atoms with Crippen molar-refractivity contribution in [2.75, 3.05) is 5.32 Å². The Morgan fingerprint density at radius 2 is 1.55 bits per heavy atom. The number of nitrogens with one attached hydrogen (secondary N) is 1. The lowest BCUT2D eigenvalue weighted by atomic mass is 10.1. The Balaban J connectivity index is 1.71. The third kappa shape index (κ3) is 3.13. The van der Waals surface area contributed by atoms with Crippen LogP contribution >= 0.6 is 0 Å². The first-order chi connectivity index (χ1) is 15.1. The van der Waals surface area contributed by atoms with Gasteiger partial charge in [0, 0.05) is 11.1 Å². The third-order valence-electron chi connectivity index (χ3n) is 5.93. The van der Waals surface area contributed by atoms with E-state index in [0.29, 0.717) is 6.42 Å². The highest BCUT2D eigenvalue weighted by Crippen LogP contribution is 2.33. The predicted molar refractivity (Wildman–Crippen MR) is 126 cm³/mol. The Labute approximate surface area is 180 Å². The Morgan fingerprint density at radius 1 is 0.903 bits per heavy atom. The summed E-state index contributed by atoms with van der Waals surface area (Å²) < 4.78 is 2.05. The van der Waals surface area contributed by atoms with E-state index in [1.807, 2.05) is 92.1 Å². The number of hydrogen-bond donors (Lipinski definition) is 1. The molecule has 0 spiro atoms. The van der Waals surface area contributed by atoms with Crippen molar-refractivity contribution in [2.45, 2.75) is 33.2 Å². The van der Waals surface area contributed by atoms with Crippen LogP contribution in [0, 0.1) is 13.8 Å². The molecule has 0 aliphatic carbocycles. The van der Waals surface area contributed by atoms with Gasteiger partial charge in [0.2, 0.25) is 5.91 Å². The van der Waals surface area contributed by atoms with Crippen LogP contribution in [-0.2, 0) is 4.79 Å². The lowest BCUT2D eigenvalue weighted by Gasteiger charge is -2.20. The van der Waals surface area contributed by atoms with E-state index < -0.39 is 6.04 Å². The molecule has 0 aliphatic rings. The summed E-state index contributed by atoms with van der Waals surface area (Å²) in [5.74, 6) is -0.0440. The number of fused-ring (bicyclic) bond motifs is 4. The molecule has 3 aromatic carbocycles. The number of nitrogens with zero attached hydrogens (tertiary/aromatic N) is 3. The molecule has 5 rings (SSSR count). The van der Waals surface area contributed by atoms with Crippen molar-refractivity contribution < 1.29 is 4.79 Å². The van der Waals surface area contributed by atoms with Gasteiger partial charge in [0.05, 0.1) is 16.6 Å². The van der Waals surface area contributed by atoms with Crippen LogP contribution in [0.25, 0.3) is 33.1 Å². The maximum atomic E-state index is 13.5. The van der Waals surface area contributed by atoms with E-state index in [-0.39, 0.29) is 5.91 Å². The van der Waals surface area contributed by atoms with Crippen molar-refractivity contribution in [3.05, 3.63) is 77.9 Å². The van der Waals surface area contributed by atoms with Gasteiger partial charge in [0.25, 0.3) is 0 Å². The Hall–Kier alpha value is -3.73. The second-order valence-electron chi connectivity index (χ2n) is 7.95. The number of aryl methyl sites for hydroxylation is 2. The first-order valence-corrected chi connectivity index (χ1v) is 10.6. The molecule has 0 fully saturated rings. The van der Waals surface area contributed by atoms with Gasteiger partial charge >= 0.3 is 0 Å². The lowest BCUT2D eigenvalue weighted by molar-refractivity contribution is -0.119. The van der Waals surface area contributed by atoms with E-state index in [4.69, 9.17) is 9.97 Å². The van der Waals surface area contributed by atoms with Gasteiger partial charge in [-0.15, -0.1) is 0 Å². The molecule has 1 unspecified atom stereocenters. The number of rotatable bonds is 4. The van der Waals surface area contributed by atoms with Crippen molar-refractivity contribution in [1.29, 1.82) is 0 Å². The maximum absolute atomic E-state index is 13.5. The molecule has 1 N–H and O–H groups in total. The van der Waals surface area contributed by atoms with Gasteiger partial charge in [-0.25, -0.2) is 9.97 Å². The van der Waals surface area contributed by atoms with E-state index in [0.717, 1.165) is 49.9 Å². The monoisotopic (exact) mass is 408 g/mol. The van der Waals surface area contributed by atoms with Gasteiger partial charge in [-0.2, -0.15) is 0 Å². The van der Waals surface area contributed by atoms with Crippen molar-refractivity contribution in [1.82, 2.24) is 14.5 Å². The Bertz CT molecular complexity index is 1430. The van der Waals surface area contributed by atoms with Crippen LogP contribution in [0.2, 0.25) is 0 Å². The SMILES string of the molecule is CCC(C(=O)Nc1c(C)cccc1C)n1c2ccccc2c2nc3ccccc3nc21. The molecule has 5 nitrogen and oxygen atoms in total. The number of anilines is 1. The molecule has 0 bridgehead atoms. The highest BCUT2D eigenvalue weighted by molar-refractivity contribution is 6.08. The average molecular weight is 409 g/mol. The molecule has 0 aliphatic heterocycles. The fourth-order valence-corrected chi connectivity index (χ4v) is 4.36. The first-order valence-electron chi connectivity index (χ1n) is 10.6. The number of benzene rings is 3. The minimum Gasteiger partial charge on any atom is -0.324 e. The molecular formula is C26H24N4O.